The Balaban J connectivity index is 1.73. The van der Waals surface area contributed by atoms with Gasteiger partial charge in [-0.3, -0.25) is 9.59 Å². The number of ether oxygens (including phenoxy) is 1. The number of ketones is 1. The molecule has 0 aromatic rings. The van der Waals surface area contributed by atoms with E-state index in [-0.39, 0.29) is 5.75 Å². The second-order valence-electron chi connectivity index (χ2n) is 6.52. The van der Waals surface area contributed by atoms with E-state index < -0.39 is 27.8 Å². The molecule has 2 rings (SSSR count). The zero-order valence-corrected chi connectivity index (χ0v) is 14.4. The second-order valence-corrected chi connectivity index (χ2v) is 8.39. The number of hydrogen-bond donors (Lipinski definition) is 2. The summed E-state index contributed by atoms with van der Waals surface area (Å²) in [6, 6.07) is -1.03. The first-order chi connectivity index (χ1) is 10.9. The van der Waals surface area contributed by atoms with Crippen LogP contribution in [0.15, 0.2) is 0 Å². The fourth-order valence-electron chi connectivity index (χ4n) is 2.58. The third kappa shape index (κ3) is 6.56. The van der Waals surface area contributed by atoms with Crippen LogP contribution in [0.1, 0.15) is 39.0 Å². The van der Waals surface area contributed by atoms with Gasteiger partial charge in [0.15, 0.2) is 0 Å². The summed E-state index contributed by atoms with van der Waals surface area (Å²) >= 11 is 0. The zero-order valence-electron chi connectivity index (χ0n) is 13.5. The van der Waals surface area contributed by atoms with Gasteiger partial charge in [0.1, 0.15) is 0 Å². The van der Waals surface area contributed by atoms with Gasteiger partial charge in [-0.25, -0.2) is 13.1 Å². The molecule has 1 atom stereocenters. The van der Waals surface area contributed by atoms with Crippen molar-refractivity contribution in [2.75, 3.05) is 25.5 Å². The summed E-state index contributed by atoms with van der Waals surface area (Å²) in [4.78, 5) is 23.6. The van der Waals surface area contributed by atoms with Gasteiger partial charge in [-0.2, -0.15) is 0 Å². The third-order valence-corrected chi connectivity index (χ3v) is 5.84. The van der Waals surface area contributed by atoms with Crippen molar-refractivity contribution in [3.63, 3.8) is 0 Å². The van der Waals surface area contributed by atoms with E-state index in [1.54, 1.807) is 0 Å². The molecular formula is C15H26N2O5S. The maximum Gasteiger partial charge on any atom is 0.289 e. The molecule has 0 aromatic heterocycles. The van der Waals surface area contributed by atoms with Crippen LogP contribution in [0.3, 0.4) is 0 Å². The van der Waals surface area contributed by atoms with Gasteiger partial charge in [-0.15, -0.1) is 0 Å². The number of nitrogens with one attached hydrogen (secondary N) is 2. The van der Waals surface area contributed by atoms with E-state index in [1.807, 2.05) is 0 Å². The molecule has 0 radical (unpaired) electrons. The van der Waals surface area contributed by atoms with Crippen LogP contribution in [0.5, 0.6) is 0 Å². The highest BCUT2D eigenvalue weighted by molar-refractivity contribution is 7.89. The van der Waals surface area contributed by atoms with Crippen LogP contribution in [-0.2, 0) is 24.3 Å². The number of Topliss-reactive ketones (excluding diaryl/α,β-unsaturated/α-hetero) is 1. The molecule has 1 saturated heterocycles. The van der Waals surface area contributed by atoms with Gasteiger partial charge in [0.05, 0.1) is 11.8 Å². The van der Waals surface area contributed by atoms with Crippen molar-refractivity contribution in [3.05, 3.63) is 0 Å². The molecule has 1 saturated carbocycles. The Hall–Kier alpha value is -0.990. The Morgan fingerprint density at radius 3 is 2.39 bits per heavy atom. The Morgan fingerprint density at radius 1 is 1.13 bits per heavy atom. The van der Waals surface area contributed by atoms with Gasteiger partial charge < -0.3 is 10.1 Å². The average molecular weight is 346 g/mol. The monoisotopic (exact) mass is 346 g/mol. The number of rotatable bonds is 9. The van der Waals surface area contributed by atoms with Crippen LogP contribution in [-0.4, -0.2) is 51.7 Å². The zero-order chi connectivity index (χ0) is 16.9. The molecule has 0 bridgehead atoms. The van der Waals surface area contributed by atoms with Gasteiger partial charge in [-0.05, 0) is 50.9 Å². The minimum absolute atomic E-state index is 0.0288. The van der Waals surface area contributed by atoms with Crippen LogP contribution in [0, 0.1) is 11.8 Å². The summed E-state index contributed by atoms with van der Waals surface area (Å²) in [5, 5.41) is 2.56. The Labute approximate surface area is 137 Å². The smallest absolute Gasteiger partial charge is 0.289 e. The van der Waals surface area contributed by atoms with Gasteiger partial charge in [0.25, 0.3) is 5.91 Å². The van der Waals surface area contributed by atoms with E-state index in [2.05, 4.69) is 10.0 Å². The molecule has 132 valence electrons. The lowest BCUT2D eigenvalue weighted by molar-refractivity contribution is -0.138. The lowest BCUT2D eigenvalue weighted by Gasteiger charge is -2.22. The van der Waals surface area contributed by atoms with Crippen molar-refractivity contribution in [2.45, 2.75) is 45.1 Å². The molecule has 23 heavy (non-hydrogen) atoms. The first-order valence-electron chi connectivity index (χ1n) is 8.27. The van der Waals surface area contributed by atoms with Gasteiger partial charge in [0.2, 0.25) is 15.8 Å². The first-order valence-corrected chi connectivity index (χ1v) is 9.92. The number of sulfonamides is 1. The summed E-state index contributed by atoms with van der Waals surface area (Å²) in [5.41, 5.74) is 0. The molecular weight excluding hydrogens is 320 g/mol. The van der Waals surface area contributed by atoms with Crippen molar-refractivity contribution in [1.29, 1.82) is 0 Å². The maximum atomic E-state index is 12.1. The highest BCUT2D eigenvalue weighted by Crippen LogP contribution is 2.27. The fraction of sp³-hybridized carbons (Fsp3) is 0.867. The summed E-state index contributed by atoms with van der Waals surface area (Å²) in [6.07, 6.45) is 4.43. The highest BCUT2D eigenvalue weighted by atomic mass is 32.2. The van der Waals surface area contributed by atoms with E-state index in [9.17, 15) is 18.0 Å². The largest absolute Gasteiger partial charge is 0.381 e. The summed E-state index contributed by atoms with van der Waals surface area (Å²) in [6.45, 7) is 3.25. The highest BCUT2D eigenvalue weighted by Gasteiger charge is 2.28. The number of hydrogen-bond acceptors (Lipinski definition) is 5. The number of amides is 1. The normalized spacial score (nSPS) is 20.9. The second kappa shape index (κ2) is 8.21. The van der Waals surface area contributed by atoms with Crippen molar-refractivity contribution in [2.24, 2.45) is 11.8 Å². The van der Waals surface area contributed by atoms with E-state index in [0.717, 1.165) is 25.7 Å². The standard InChI is InChI=1S/C15H26N2O5S/c1-11(14(18)15(19)16-10-13-2-3-13)17-23(20,21)9-6-12-4-7-22-8-5-12/h11-13,17H,2-10H2,1H3,(H,16,19). The molecule has 8 heteroatoms. The third-order valence-electron chi connectivity index (χ3n) is 4.36. The van der Waals surface area contributed by atoms with Gasteiger partial charge >= 0.3 is 0 Å². The first kappa shape index (κ1) is 18.4. The molecule has 7 nitrogen and oxygen atoms in total. The quantitative estimate of drug-likeness (QED) is 0.581. The molecule has 2 N–H and O–H groups in total. The number of carbonyl (C=O) groups is 2. The average Bonchev–Trinajstić information content (AvgIpc) is 3.35. The van der Waals surface area contributed by atoms with Crippen molar-refractivity contribution < 1.29 is 22.7 Å². The van der Waals surface area contributed by atoms with Crippen LogP contribution >= 0.6 is 0 Å². The predicted octanol–water partition coefficient (Wildman–Crippen LogP) is 0.206. The molecule has 2 fully saturated rings. The molecule has 0 aromatic carbocycles. The van der Waals surface area contributed by atoms with Crippen LogP contribution < -0.4 is 10.0 Å². The van der Waals surface area contributed by atoms with Gasteiger partial charge in [0, 0.05) is 19.8 Å². The molecule has 1 unspecified atom stereocenters. The van der Waals surface area contributed by atoms with Crippen LogP contribution in [0.25, 0.3) is 0 Å². The fourth-order valence-corrected chi connectivity index (χ4v) is 3.99. The van der Waals surface area contributed by atoms with E-state index >= 15 is 0 Å². The maximum absolute atomic E-state index is 12.1. The lowest BCUT2D eigenvalue weighted by atomic mass is 9.98. The molecule has 0 spiro atoms. The van der Waals surface area contributed by atoms with Crippen LogP contribution in [0.4, 0.5) is 0 Å². The molecule has 1 aliphatic carbocycles. The molecule has 1 amide bonds. The minimum Gasteiger partial charge on any atom is -0.381 e. The minimum atomic E-state index is -3.57. The Kier molecular flexibility index (Phi) is 6.55. The number of carbonyl (C=O) groups excluding carboxylic acids is 2. The van der Waals surface area contributed by atoms with E-state index in [0.29, 0.717) is 38.0 Å². The van der Waals surface area contributed by atoms with Gasteiger partial charge in [-0.1, -0.05) is 0 Å². The van der Waals surface area contributed by atoms with Crippen molar-refractivity contribution >= 4 is 21.7 Å². The van der Waals surface area contributed by atoms with E-state index in [4.69, 9.17) is 4.74 Å². The summed E-state index contributed by atoms with van der Waals surface area (Å²) in [7, 11) is -3.57. The van der Waals surface area contributed by atoms with Crippen molar-refractivity contribution in [3.8, 4) is 0 Å². The Morgan fingerprint density at radius 2 is 1.78 bits per heavy atom. The van der Waals surface area contributed by atoms with Crippen LogP contribution in [0.2, 0.25) is 0 Å². The molecule has 1 aliphatic heterocycles. The molecule has 2 aliphatic rings. The molecule has 1 heterocycles. The van der Waals surface area contributed by atoms with Crippen molar-refractivity contribution in [1.82, 2.24) is 10.0 Å². The topological polar surface area (TPSA) is 102 Å². The van der Waals surface area contributed by atoms with E-state index in [1.165, 1.54) is 6.92 Å². The SMILES string of the molecule is CC(NS(=O)(=O)CCC1CCOCC1)C(=O)C(=O)NCC1CC1. The predicted molar refractivity (Wildman–Crippen MR) is 85.3 cm³/mol. The lowest BCUT2D eigenvalue weighted by Crippen LogP contribution is -2.46. The summed E-state index contributed by atoms with van der Waals surface area (Å²) in [5.74, 6) is -0.665. The summed E-state index contributed by atoms with van der Waals surface area (Å²) < 4.78 is 31.7. The Bertz CT molecular complexity index is 524.